The second-order valence-corrected chi connectivity index (χ2v) is 4.93. The molecule has 4 heteroatoms. The molecule has 0 aromatic heterocycles. The van der Waals surface area contributed by atoms with Crippen LogP contribution in [0.1, 0.15) is 13.3 Å². The molecule has 1 aromatic carbocycles. The van der Waals surface area contributed by atoms with E-state index in [2.05, 4.69) is 35.9 Å². The maximum absolute atomic E-state index is 5.95. The van der Waals surface area contributed by atoms with Gasteiger partial charge in [0, 0.05) is 25.8 Å². The third-order valence-electron chi connectivity index (χ3n) is 3.03. The number of rotatable bonds is 7. The minimum absolute atomic E-state index is 0.739. The maximum Gasteiger partial charge on any atom is 0.0620 e. The standard InChI is InChI=1S/C15H26N4/c1-4-9-18(2)10-5-6-11-19(3)15-12-13(16)7-8-14(15)17/h5-8,12H,4,9-11,16-17H2,1-3H3/b6-5+. The van der Waals surface area contributed by atoms with Crippen molar-refractivity contribution in [3.63, 3.8) is 0 Å². The molecule has 0 bridgehead atoms. The van der Waals surface area contributed by atoms with Crippen molar-refractivity contribution in [1.82, 2.24) is 4.90 Å². The Balaban J connectivity index is 2.48. The second-order valence-electron chi connectivity index (χ2n) is 4.93. The average Bonchev–Trinajstić information content (AvgIpc) is 2.37. The first kappa shape index (κ1) is 15.4. The summed E-state index contributed by atoms with van der Waals surface area (Å²) in [4.78, 5) is 4.40. The molecule has 0 fully saturated rings. The summed E-state index contributed by atoms with van der Waals surface area (Å²) in [6, 6.07) is 5.58. The summed E-state index contributed by atoms with van der Waals surface area (Å²) < 4.78 is 0. The van der Waals surface area contributed by atoms with Crippen LogP contribution in [0.5, 0.6) is 0 Å². The molecule has 0 heterocycles. The molecule has 0 amide bonds. The van der Waals surface area contributed by atoms with Gasteiger partial charge in [-0.2, -0.15) is 0 Å². The largest absolute Gasteiger partial charge is 0.399 e. The number of anilines is 3. The van der Waals surface area contributed by atoms with Gasteiger partial charge in [0.1, 0.15) is 0 Å². The van der Waals surface area contributed by atoms with Gasteiger partial charge in [-0.1, -0.05) is 19.1 Å². The highest BCUT2D eigenvalue weighted by atomic mass is 15.1. The van der Waals surface area contributed by atoms with Crippen molar-refractivity contribution in [3.8, 4) is 0 Å². The minimum Gasteiger partial charge on any atom is -0.399 e. The molecular weight excluding hydrogens is 236 g/mol. The van der Waals surface area contributed by atoms with E-state index >= 15 is 0 Å². The Hall–Kier alpha value is -1.68. The average molecular weight is 262 g/mol. The summed E-state index contributed by atoms with van der Waals surface area (Å²) in [6.07, 6.45) is 5.54. The van der Waals surface area contributed by atoms with E-state index in [1.54, 1.807) is 0 Å². The monoisotopic (exact) mass is 262 g/mol. The van der Waals surface area contributed by atoms with Gasteiger partial charge in [-0.25, -0.2) is 0 Å². The second kappa shape index (κ2) is 7.69. The molecule has 1 rings (SSSR count). The number of nitrogen functional groups attached to an aromatic ring is 2. The molecule has 0 aliphatic heterocycles. The van der Waals surface area contributed by atoms with Crippen LogP contribution in [0.25, 0.3) is 0 Å². The van der Waals surface area contributed by atoms with E-state index in [0.717, 1.165) is 36.7 Å². The van der Waals surface area contributed by atoms with E-state index in [-0.39, 0.29) is 0 Å². The van der Waals surface area contributed by atoms with Crippen molar-refractivity contribution in [2.45, 2.75) is 13.3 Å². The van der Waals surface area contributed by atoms with Gasteiger partial charge in [0.25, 0.3) is 0 Å². The van der Waals surface area contributed by atoms with Crippen LogP contribution in [0.2, 0.25) is 0 Å². The molecule has 0 saturated heterocycles. The highest BCUT2D eigenvalue weighted by Crippen LogP contribution is 2.24. The van der Waals surface area contributed by atoms with Gasteiger partial charge in [-0.3, -0.25) is 0 Å². The molecule has 4 nitrogen and oxygen atoms in total. The van der Waals surface area contributed by atoms with Crippen molar-refractivity contribution >= 4 is 17.1 Å². The maximum atomic E-state index is 5.95. The molecule has 106 valence electrons. The fraction of sp³-hybridized carbons (Fsp3) is 0.467. The lowest BCUT2D eigenvalue weighted by molar-refractivity contribution is 0.370. The Labute approximate surface area is 116 Å². The van der Waals surface area contributed by atoms with Crippen LogP contribution in [0.3, 0.4) is 0 Å². The van der Waals surface area contributed by atoms with Gasteiger partial charge in [0.15, 0.2) is 0 Å². The lowest BCUT2D eigenvalue weighted by Crippen LogP contribution is -2.20. The smallest absolute Gasteiger partial charge is 0.0620 e. The van der Waals surface area contributed by atoms with E-state index in [0.29, 0.717) is 0 Å². The van der Waals surface area contributed by atoms with Crippen LogP contribution < -0.4 is 16.4 Å². The van der Waals surface area contributed by atoms with E-state index in [9.17, 15) is 0 Å². The molecule has 19 heavy (non-hydrogen) atoms. The molecule has 0 atom stereocenters. The van der Waals surface area contributed by atoms with Crippen molar-refractivity contribution < 1.29 is 0 Å². The Kier molecular flexibility index (Phi) is 6.22. The number of likely N-dealkylation sites (N-methyl/N-ethyl adjacent to an activating group) is 2. The van der Waals surface area contributed by atoms with Gasteiger partial charge < -0.3 is 21.3 Å². The first-order valence-electron chi connectivity index (χ1n) is 6.74. The highest BCUT2D eigenvalue weighted by Gasteiger charge is 2.03. The minimum atomic E-state index is 0.739. The molecular formula is C15H26N4. The zero-order valence-corrected chi connectivity index (χ0v) is 12.3. The first-order chi connectivity index (χ1) is 9.04. The predicted octanol–water partition coefficient (Wildman–Crippen LogP) is 2.19. The van der Waals surface area contributed by atoms with Crippen LogP contribution in [0.4, 0.5) is 17.1 Å². The van der Waals surface area contributed by atoms with E-state index < -0.39 is 0 Å². The van der Waals surface area contributed by atoms with E-state index in [1.165, 1.54) is 6.42 Å². The van der Waals surface area contributed by atoms with Gasteiger partial charge in [-0.05, 0) is 38.2 Å². The number of benzene rings is 1. The number of hydrogen-bond acceptors (Lipinski definition) is 4. The number of nitrogens with two attached hydrogens (primary N) is 2. The summed E-state index contributed by atoms with van der Waals surface area (Å²) >= 11 is 0. The van der Waals surface area contributed by atoms with Crippen molar-refractivity contribution in [1.29, 1.82) is 0 Å². The quantitative estimate of drug-likeness (QED) is 0.584. The highest BCUT2D eigenvalue weighted by molar-refractivity contribution is 5.71. The number of hydrogen-bond donors (Lipinski definition) is 2. The van der Waals surface area contributed by atoms with Crippen LogP contribution in [-0.4, -0.2) is 38.6 Å². The van der Waals surface area contributed by atoms with Gasteiger partial charge in [0.2, 0.25) is 0 Å². The molecule has 0 spiro atoms. The fourth-order valence-corrected chi connectivity index (χ4v) is 1.95. The van der Waals surface area contributed by atoms with Gasteiger partial charge >= 0.3 is 0 Å². The Morgan fingerprint density at radius 2 is 1.79 bits per heavy atom. The predicted molar refractivity (Wildman–Crippen MR) is 85.5 cm³/mol. The summed E-state index contributed by atoms with van der Waals surface area (Å²) in [5, 5.41) is 0. The summed E-state index contributed by atoms with van der Waals surface area (Å²) in [5.74, 6) is 0. The van der Waals surface area contributed by atoms with E-state index in [1.807, 2.05) is 25.2 Å². The Morgan fingerprint density at radius 3 is 2.47 bits per heavy atom. The lowest BCUT2D eigenvalue weighted by Gasteiger charge is -2.20. The molecule has 1 aromatic rings. The molecule has 0 unspecified atom stereocenters. The Bertz CT molecular complexity index is 415. The van der Waals surface area contributed by atoms with Crippen LogP contribution in [-0.2, 0) is 0 Å². The molecule has 4 N–H and O–H groups in total. The molecule has 0 aliphatic carbocycles. The van der Waals surface area contributed by atoms with Gasteiger partial charge in [0.05, 0.1) is 11.4 Å². The zero-order chi connectivity index (χ0) is 14.3. The van der Waals surface area contributed by atoms with Gasteiger partial charge in [-0.15, -0.1) is 0 Å². The van der Waals surface area contributed by atoms with Crippen molar-refractivity contribution in [3.05, 3.63) is 30.4 Å². The normalized spacial score (nSPS) is 11.4. The fourth-order valence-electron chi connectivity index (χ4n) is 1.95. The molecule has 0 saturated carbocycles. The summed E-state index contributed by atoms with van der Waals surface area (Å²) in [7, 11) is 4.15. The first-order valence-corrected chi connectivity index (χ1v) is 6.74. The third-order valence-corrected chi connectivity index (χ3v) is 3.03. The SMILES string of the molecule is CCCN(C)C/C=C/CN(C)c1cc(N)ccc1N. The van der Waals surface area contributed by atoms with Crippen molar-refractivity contribution in [2.75, 3.05) is 50.1 Å². The lowest BCUT2D eigenvalue weighted by atomic mass is 10.2. The summed E-state index contributed by atoms with van der Waals surface area (Å²) in [6.45, 7) is 5.13. The molecule has 0 radical (unpaired) electrons. The van der Waals surface area contributed by atoms with E-state index in [4.69, 9.17) is 11.5 Å². The topological polar surface area (TPSA) is 58.5 Å². The molecule has 0 aliphatic rings. The summed E-state index contributed by atoms with van der Waals surface area (Å²) in [5.41, 5.74) is 14.2. The number of nitrogens with zero attached hydrogens (tertiary/aromatic N) is 2. The Morgan fingerprint density at radius 1 is 1.11 bits per heavy atom. The van der Waals surface area contributed by atoms with Crippen LogP contribution >= 0.6 is 0 Å². The third kappa shape index (κ3) is 5.22. The zero-order valence-electron chi connectivity index (χ0n) is 12.3. The van der Waals surface area contributed by atoms with Crippen LogP contribution in [0.15, 0.2) is 30.4 Å². The van der Waals surface area contributed by atoms with Crippen molar-refractivity contribution in [2.24, 2.45) is 0 Å². The van der Waals surface area contributed by atoms with Crippen LogP contribution in [0, 0.1) is 0 Å².